The van der Waals surface area contributed by atoms with Crippen LogP contribution in [0.3, 0.4) is 0 Å². The molecule has 1 unspecified atom stereocenters. The number of hydrogen-bond donors (Lipinski definition) is 2. The van der Waals surface area contributed by atoms with Crippen LogP contribution in [-0.2, 0) is 6.42 Å². The number of allylic oxidation sites excluding steroid dienone is 4. The van der Waals surface area contributed by atoms with E-state index in [4.69, 9.17) is 9.15 Å². The van der Waals surface area contributed by atoms with Gasteiger partial charge >= 0.3 is 0 Å². The molecule has 4 rings (SSSR count). The molecule has 2 heterocycles. The molecule has 4 heteroatoms. The van der Waals surface area contributed by atoms with Crippen LogP contribution in [0.1, 0.15) is 58.6 Å². The van der Waals surface area contributed by atoms with E-state index in [0.29, 0.717) is 29.1 Å². The smallest absolute Gasteiger partial charge is 0.138 e. The van der Waals surface area contributed by atoms with E-state index in [0.717, 1.165) is 29.4 Å². The van der Waals surface area contributed by atoms with Crippen LogP contribution in [0.15, 0.2) is 64.1 Å². The fourth-order valence-corrected chi connectivity index (χ4v) is 4.17. The van der Waals surface area contributed by atoms with Crippen molar-refractivity contribution in [2.45, 2.75) is 59.5 Å². The monoisotopic (exact) mass is 444 g/mol. The van der Waals surface area contributed by atoms with E-state index in [2.05, 4.69) is 46.8 Å². The van der Waals surface area contributed by atoms with Crippen LogP contribution in [0.4, 0.5) is 0 Å². The first kappa shape index (κ1) is 22.8. The van der Waals surface area contributed by atoms with Crippen LogP contribution in [-0.4, -0.2) is 15.8 Å². The lowest BCUT2D eigenvalue weighted by Gasteiger charge is -2.33. The van der Waals surface area contributed by atoms with Gasteiger partial charge in [-0.25, -0.2) is 0 Å². The van der Waals surface area contributed by atoms with Gasteiger partial charge in [0.25, 0.3) is 0 Å². The Morgan fingerprint density at radius 1 is 1.00 bits per heavy atom. The highest BCUT2D eigenvalue weighted by Crippen LogP contribution is 2.46. The summed E-state index contributed by atoms with van der Waals surface area (Å²) < 4.78 is 12.7. The van der Waals surface area contributed by atoms with Gasteiger partial charge in [-0.05, 0) is 90.3 Å². The van der Waals surface area contributed by atoms with Gasteiger partial charge in [-0.1, -0.05) is 23.3 Å². The van der Waals surface area contributed by atoms with Crippen LogP contribution in [0.25, 0.3) is 28.4 Å². The minimum Gasteiger partial charge on any atom is -0.508 e. The van der Waals surface area contributed by atoms with Crippen LogP contribution >= 0.6 is 0 Å². The van der Waals surface area contributed by atoms with Crippen molar-refractivity contribution in [1.82, 2.24) is 0 Å². The summed E-state index contributed by atoms with van der Waals surface area (Å²) in [5.74, 6) is 1.65. The molecule has 1 aliphatic heterocycles. The summed E-state index contributed by atoms with van der Waals surface area (Å²) in [7, 11) is 0. The third kappa shape index (κ3) is 4.85. The van der Waals surface area contributed by atoms with E-state index in [1.54, 1.807) is 18.2 Å². The first-order valence-corrected chi connectivity index (χ1v) is 11.4. The highest BCUT2D eigenvalue weighted by atomic mass is 16.5. The van der Waals surface area contributed by atoms with Crippen molar-refractivity contribution in [3.8, 4) is 28.6 Å². The summed E-state index contributed by atoms with van der Waals surface area (Å²) in [5.41, 5.74) is 5.09. The molecule has 0 bridgehead atoms. The number of fused-ring (bicyclic) bond motifs is 2. The van der Waals surface area contributed by atoms with Gasteiger partial charge < -0.3 is 19.4 Å². The molecule has 0 amide bonds. The predicted molar refractivity (Wildman–Crippen MR) is 135 cm³/mol. The van der Waals surface area contributed by atoms with Crippen molar-refractivity contribution in [1.29, 1.82) is 0 Å². The molecule has 0 spiro atoms. The first-order chi connectivity index (χ1) is 15.6. The molecule has 1 aliphatic rings. The van der Waals surface area contributed by atoms with Crippen molar-refractivity contribution in [2.75, 3.05) is 0 Å². The second-order valence-electron chi connectivity index (χ2n) is 9.55. The molecule has 1 atom stereocenters. The van der Waals surface area contributed by atoms with E-state index < -0.39 is 5.60 Å². The Morgan fingerprint density at radius 2 is 1.76 bits per heavy atom. The van der Waals surface area contributed by atoms with Crippen LogP contribution in [0.5, 0.6) is 17.2 Å². The van der Waals surface area contributed by atoms with Gasteiger partial charge in [-0.2, -0.15) is 0 Å². The molecule has 0 saturated heterocycles. The van der Waals surface area contributed by atoms with Gasteiger partial charge in [-0.3, -0.25) is 0 Å². The molecule has 0 aliphatic carbocycles. The molecule has 2 N–H and O–H groups in total. The van der Waals surface area contributed by atoms with Crippen molar-refractivity contribution < 1.29 is 19.4 Å². The number of furan rings is 1. The summed E-state index contributed by atoms with van der Waals surface area (Å²) in [6.45, 7) is 10.4. The minimum atomic E-state index is -0.469. The lowest BCUT2D eigenvalue weighted by Crippen LogP contribution is -2.32. The number of aromatic hydroxyl groups is 2. The van der Waals surface area contributed by atoms with Gasteiger partial charge in [0.05, 0.1) is 5.56 Å². The van der Waals surface area contributed by atoms with Crippen molar-refractivity contribution in [3.63, 3.8) is 0 Å². The number of hydrogen-bond acceptors (Lipinski definition) is 4. The van der Waals surface area contributed by atoms with Crippen LogP contribution < -0.4 is 4.74 Å². The van der Waals surface area contributed by atoms with E-state index in [-0.39, 0.29) is 11.5 Å². The lowest BCUT2D eigenvalue weighted by molar-refractivity contribution is 0.127. The Balaban J connectivity index is 1.84. The third-order valence-electron chi connectivity index (χ3n) is 6.02. The summed E-state index contributed by atoms with van der Waals surface area (Å²) in [6.07, 6.45) is 10.8. The number of rotatable bonds is 6. The number of phenols is 2. The fourth-order valence-electron chi connectivity index (χ4n) is 4.17. The Bertz CT molecular complexity index is 1280. The topological polar surface area (TPSA) is 62.8 Å². The van der Waals surface area contributed by atoms with E-state index >= 15 is 0 Å². The van der Waals surface area contributed by atoms with E-state index in [9.17, 15) is 10.2 Å². The molecule has 172 valence electrons. The zero-order valence-electron chi connectivity index (χ0n) is 20.0. The number of benzene rings is 2. The first-order valence-electron chi connectivity index (χ1n) is 11.4. The maximum atomic E-state index is 10.9. The average molecular weight is 445 g/mol. The molecule has 4 nitrogen and oxygen atoms in total. The number of phenolic OH excluding ortho intramolecular Hbond substituents is 2. The van der Waals surface area contributed by atoms with Crippen molar-refractivity contribution >= 4 is 17.0 Å². The Kier molecular flexibility index (Phi) is 6.11. The van der Waals surface area contributed by atoms with Gasteiger partial charge in [0.1, 0.15) is 34.2 Å². The summed E-state index contributed by atoms with van der Waals surface area (Å²) in [4.78, 5) is 0. The van der Waals surface area contributed by atoms with Crippen LogP contribution in [0.2, 0.25) is 0 Å². The second kappa shape index (κ2) is 8.86. The quantitative estimate of drug-likeness (QED) is 0.379. The average Bonchev–Trinajstić information content (AvgIpc) is 3.15. The maximum Gasteiger partial charge on any atom is 0.138 e. The normalized spacial score (nSPS) is 16.9. The summed E-state index contributed by atoms with van der Waals surface area (Å²) in [5, 5.41) is 21.6. The number of ether oxygens (including phenoxy) is 1. The molecule has 33 heavy (non-hydrogen) atoms. The van der Waals surface area contributed by atoms with Crippen LogP contribution in [0, 0.1) is 0 Å². The molecular weight excluding hydrogens is 412 g/mol. The van der Waals surface area contributed by atoms with E-state index in [1.165, 1.54) is 11.1 Å². The molecular formula is C29H32O4. The van der Waals surface area contributed by atoms with Gasteiger partial charge in [0, 0.05) is 22.6 Å². The molecule has 3 aromatic rings. The zero-order valence-corrected chi connectivity index (χ0v) is 20.0. The molecule has 2 aromatic carbocycles. The Hall–Kier alpha value is -3.40. The third-order valence-corrected chi connectivity index (χ3v) is 6.02. The fraction of sp³-hybridized carbons (Fsp3) is 0.310. The zero-order chi connectivity index (χ0) is 23.8. The molecule has 0 fully saturated rings. The van der Waals surface area contributed by atoms with Crippen molar-refractivity contribution in [3.05, 3.63) is 70.8 Å². The SMILES string of the molecule is CC(C)=CCCC1(C)C=Cc2c(O)cc(-c3cc4ccc(O)cc4o3)c(CC=C(C)C)c2O1. The Morgan fingerprint density at radius 3 is 2.48 bits per heavy atom. The summed E-state index contributed by atoms with van der Waals surface area (Å²) >= 11 is 0. The Labute approximate surface area is 195 Å². The second-order valence-corrected chi connectivity index (χ2v) is 9.55. The molecule has 1 aromatic heterocycles. The van der Waals surface area contributed by atoms with E-state index in [1.807, 2.05) is 24.3 Å². The lowest BCUT2D eigenvalue weighted by atomic mass is 9.90. The molecule has 0 radical (unpaired) electrons. The van der Waals surface area contributed by atoms with Gasteiger partial charge in [-0.15, -0.1) is 0 Å². The standard InChI is InChI=1S/C29H32O4/c1-18(2)7-6-13-29(5)14-12-23-25(31)17-24(22(28(23)33-29)11-8-19(3)4)27-15-20-9-10-21(30)16-26(20)32-27/h7-10,12,14-17,30-31H,6,11,13H2,1-5H3. The predicted octanol–water partition coefficient (Wildman–Crippen LogP) is 7.93. The minimum absolute atomic E-state index is 0.155. The highest BCUT2D eigenvalue weighted by Gasteiger charge is 2.31. The van der Waals surface area contributed by atoms with Gasteiger partial charge in [0.2, 0.25) is 0 Å². The highest BCUT2D eigenvalue weighted by molar-refractivity contribution is 5.86. The molecule has 0 saturated carbocycles. The summed E-state index contributed by atoms with van der Waals surface area (Å²) in [6, 6.07) is 8.76. The van der Waals surface area contributed by atoms with Crippen molar-refractivity contribution in [2.24, 2.45) is 0 Å². The maximum absolute atomic E-state index is 10.9. The largest absolute Gasteiger partial charge is 0.508 e. The van der Waals surface area contributed by atoms with Gasteiger partial charge in [0.15, 0.2) is 0 Å².